The molecule has 0 aromatic carbocycles. The van der Waals surface area contributed by atoms with Gasteiger partial charge >= 0.3 is 0 Å². The Morgan fingerprint density at radius 2 is 2.31 bits per heavy atom. The highest BCUT2D eigenvalue weighted by molar-refractivity contribution is 9.11. The first-order valence-electron chi connectivity index (χ1n) is 5.07. The average molecular weight is 306 g/mol. The molecule has 0 bridgehead atoms. The average Bonchev–Trinajstić information content (AvgIpc) is 2.61. The fourth-order valence-corrected chi connectivity index (χ4v) is 2.13. The van der Waals surface area contributed by atoms with E-state index in [1.54, 1.807) is 18.4 Å². The number of aliphatic hydroxyl groups is 1. The lowest BCUT2D eigenvalue weighted by molar-refractivity contribution is 0.0142. The number of thiophene rings is 1. The van der Waals surface area contributed by atoms with Gasteiger partial charge in [-0.2, -0.15) is 0 Å². The van der Waals surface area contributed by atoms with Crippen LogP contribution in [0.15, 0.2) is 15.2 Å². The molecule has 0 aliphatic heterocycles. The first-order chi connectivity index (χ1) is 7.33. The van der Waals surface area contributed by atoms with Crippen LogP contribution in [0, 0.1) is 5.92 Å². The molecule has 0 fully saturated rings. The van der Waals surface area contributed by atoms with Crippen molar-refractivity contribution in [2.45, 2.75) is 26.4 Å². The van der Waals surface area contributed by atoms with Gasteiger partial charge in [-0.05, 0) is 34.8 Å². The molecule has 0 saturated carbocycles. The van der Waals surface area contributed by atoms with Gasteiger partial charge in [0.1, 0.15) is 0 Å². The lowest BCUT2D eigenvalue weighted by atomic mass is 9.92. The minimum Gasteiger partial charge on any atom is -0.388 e. The maximum Gasteiger partial charge on any atom is 0.252 e. The van der Waals surface area contributed by atoms with E-state index >= 15 is 0 Å². The van der Waals surface area contributed by atoms with Crippen LogP contribution in [0.25, 0.3) is 0 Å². The highest BCUT2D eigenvalue weighted by Gasteiger charge is 2.25. The standard InChI is InChI=1S/C11H16BrNO2S/c1-7(2)11(3,15)6-13-10(14)8-4-9(12)16-5-8/h4-5,7,15H,6H2,1-3H3,(H,13,14). The van der Waals surface area contributed by atoms with Gasteiger partial charge in [0.25, 0.3) is 5.91 Å². The van der Waals surface area contributed by atoms with E-state index in [2.05, 4.69) is 21.2 Å². The quantitative estimate of drug-likeness (QED) is 0.898. The molecule has 1 atom stereocenters. The Labute approximate surface area is 108 Å². The van der Waals surface area contributed by atoms with E-state index in [0.717, 1.165) is 3.79 Å². The van der Waals surface area contributed by atoms with Crippen LogP contribution in [0.5, 0.6) is 0 Å². The van der Waals surface area contributed by atoms with E-state index in [-0.39, 0.29) is 18.4 Å². The van der Waals surface area contributed by atoms with Crippen LogP contribution < -0.4 is 5.32 Å². The zero-order valence-electron chi connectivity index (χ0n) is 9.58. The summed E-state index contributed by atoms with van der Waals surface area (Å²) in [5.41, 5.74) is -0.250. The highest BCUT2D eigenvalue weighted by Crippen LogP contribution is 2.21. The summed E-state index contributed by atoms with van der Waals surface area (Å²) in [6.45, 7) is 5.83. The van der Waals surface area contributed by atoms with Gasteiger partial charge in [0.15, 0.2) is 0 Å². The van der Waals surface area contributed by atoms with Crippen molar-refractivity contribution in [1.29, 1.82) is 0 Å². The molecule has 0 radical (unpaired) electrons. The van der Waals surface area contributed by atoms with Crippen LogP contribution in [-0.4, -0.2) is 23.2 Å². The van der Waals surface area contributed by atoms with Crippen molar-refractivity contribution >= 4 is 33.2 Å². The van der Waals surface area contributed by atoms with Crippen LogP contribution in [0.1, 0.15) is 31.1 Å². The van der Waals surface area contributed by atoms with Gasteiger partial charge in [0, 0.05) is 11.9 Å². The smallest absolute Gasteiger partial charge is 0.252 e. The van der Waals surface area contributed by atoms with Crippen LogP contribution in [0.4, 0.5) is 0 Å². The van der Waals surface area contributed by atoms with E-state index in [4.69, 9.17) is 0 Å². The van der Waals surface area contributed by atoms with Crippen molar-refractivity contribution in [3.8, 4) is 0 Å². The summed E-state index contributed by atoms with van der Waals surface area (Å²) in [6.07, 6.45) is 0. The molecule has 1 rings (SSSR count). The maximum absolute atomic E-state index is 11.7. The van der Waals surface area contributed by atoms with Gasteiger partial charge in [-0.3, -0.25) is 4.79 Å². The van der Waals surface area contributed by atoms with E-state index in [0.29, 0.717) is 5.56 Å². The summed E-state index contributed by atoms with van der Waals surface area (Å²) in [5.74, 6) is -0.0510. The predicted octanol–water partition coefficient (Wildman–Crippen LogP) is 2.65. The molecule has 3 nitrogen and oxygen atoms in total. The Hall–Kier alpha value is -0.390. The third-order valence-electron chi connectivity index (χ3n) is 2.68. The fourth-order valence-electron chi connectivity index (χ4n) is 0.995. The van der Waals surface area contributed by atoms with Gasteiger partial charge in [0.2, 0.25) is 0 Å². The Balaban J connectivity index is 2.54. The number of hydrogen-bond acceptors (Lipinski definition) is 3. The summed E-state index contributed by atoms with van der Waals surface area (Å²) < 4.78 is 0.924. The summed E-state index contributed by atoms with van der Waals surface area (Å²) in [4.78, 5) is 11.7. The lowest BCUT2D eigenvalue weighted by Gasteiger charge is -2.27. The predicted molar refractivity (Wildman–Crippen MR) is 69.8 cm³/mol. The molecule has 1 amide bonds. The zero-order chi connectivity index (χ0) is 12.3. The minimum absolute atomic E-state index is 0.0991. The third-order valence-corrected chi connectivity index (χ3v) is 4.18. The highest BCUT2D eigenvalue weighted by atomic mass is 79.9. The Kier molecular flexibility index (Phi) is 4.52. The Morgan fingerprint density at radius 1 is 1.69 bits per heavy atom. The zero-order valence-corrected chi connectivity index (χ0v) is 12.0. The number of nitrogens with one attached hydrogen (secondary N) is 1. The number of carbonyl (C=O) groups is 1. The summed E-state index contributed by atoms with van der Waals surface area (Å²) in [6, 6.07) is 1.77. The number of amides is 1. The number of rotatable bonds is 4. The van der Waals surface area contributed by atoms with Crippen molar-refractivity contribution in [3.05, 3.63) is 20.8 Å². The summed E-state index contributed by atoms with van der Waals surface area (Å²) >= 11 is 4.77. The molecule has 1 aromatic rings. The molecular formula is C11H16BrNO2S. The van der Waals surface area contributed by atoms with Gasteiger partial charge in [-0.15, -0.1) is 11.3 Å². The van der Waals surface area contributed by atoms with Crippen LogP contribution in [0.3, 0.4) is 0 Å². The minimum atomic E-state index is -0.872. The summed E-state index contributed by atoms with van der Waals surface area (Å²) in [5, 5.41) is 14.5. The van der Waals surface area contributed by atoms with Gasteiger partial charge < -0.3 is 10.4 Å². The van der Waals surface area contributed by atoms with Crippen LogP contribution in [0.2, 0.25) is 0 Å². The van der Waals surface area contributed by atoms with Gasteiger partial charge in [-0.1, -0.05) is 13.8 Å². The van der Waals surface area contributed by atoms with E-state index in [9.17, 15) is 9.90 Å². The topological polar surface area (TPSA) is 49.3 Å². The van der Waals surface area contributed by atoms with Crippen LogP contribution in [-0.2, 0) is 0 Å². The first kappa shape index (κ1) is 13.7. The second-order valence-corrected chi connectivity index (χ2v) is 6.62. The molecule has 2 N–H and O–H groups in total. The van der Waals surface area contributed by atoms with Gasteiger partial charge in [0.05, 0.1) is 15.0 Å². The fraction of sp³-hybridized carbons (Fsp3) is 0.545. The second kappa shape index (κ2) is 5.29. The molecule has 1 aromatic heterocycles. The van der Waals surface area contributed by atoms with E-state index in [1.807, 2.05) is 13.8 Å². The van der Waals surface area contributed by atoms with Crippen molar-refractivity contribution in [2.24, 2.45) is 5.92 Å². The SMILES string of the molecule is CC(C)C(C)(O)CNC(=O)c1csc(Br)c1. The van der Waals surface area contributed by atoms with Gasteiger partial charge in [-0.25, -0.2) is 0 Å². The number of hydrogen-bond donors (Lipinski definition) is 2. The first-order valence-corrected chi connectivity index (χ1v) is 6.75. The molecule has 1 heterocycles. The number of carbonyl (C=O) groups excluding carboxylic acids is 1. The molecule has 0 saturated heterocycles. The van der Waals surface area contributed by atoms with Crippen molar-refractivity contribution < 1.29 is 9.90 Å². The lowest BCUT2D eigenvalue weighted by Crippen LogP contribution is -2.44. The molecule has 0 aliphatic carbocycles. The summed E-state index contributed by atoms with van der Waals surface area (Å²) in [7, 11) is 0. The van der Waals surface area contributed by atoms with E-state index < -0.39 is 5.60 Å². The normalized spacial score (nSPS) is 14.9. The van der Waals surface area contributed by atoms with Crippen LogP contribution >= 0.6 is 27.3 Å². The Morgan fingerprint density at radius 3 is 2.75 bits per heavy atom. The number of halogens is 1. The van der Waals surface area contributed by atoms with Crippen molar-refractivity contribution in [2.75, 3.05) is 6.54 Å². The van der Waals surface area contributed by atoms with E-state index in [1.165, 1.54) is 11.3 Å². The Bertz CT molecular complexity index is 374. The molecule has 16 heavy (non-hydrogen) atoms. The van der Waals surface area contributed by atoms with Crippen molar-refractivity contribution in [3.63, 3.8) is 0 Å². The second-order valence-electron chi connectivity index (χ2n) is 4.33. The molecule has 5 heteroatoms. The van der Waals surface area contributed by atoms with Crippen molar-refractivity contribution in [1.82, 2.24) is 5.32 Å². The molecule has 1 unspecified atom stereocenters. The molecule has 90 valence electrons. The molecular weight excluding hydrogens is 290 g/mol. The molecule has 0 aliphatic rings. The maximum atomic E-state index is 11.7. The monoisotopic (exact) mass is 305 g/mol. The third kappa shape index (κ3) is 3.57. The largest absolute Gasteiger partial charge is 0.388 e. The molecule has 0 spiro atoms.